The van der Waals surface area contributed by atoms with E-state index in [1.54, 1.807) is 6.92 Å². The zero-order chi connectivity index (χ0) is 24.2. The van der Waals surface area contributed by atoms with Crippen LogP contribution in [0.4, 0.5) is 25.8 Å². The number of thioether (sulfide) groups is 1. The van der Waals surface area contributed by atoms with Crippen molar-refractivity contribution in [3.05, 3.63) is 88.0 Å². The van der Waals surface area contributed by atoms with Crippen LogP contribution in [0.3, 0.4) is 0 Å². The lowest BCUT2D eigenvalue weighted by Gasteiger charge is -2.13. The number of non-ortho nitro benzene ring substituents is 1. The number of amides is 1. The summed E-state index contributed by atoms with van der Waals surface area (Å²) in [4.78, 5) is 22.8. The predicted octanol–water partition coefficient (Wildman–Crippen LogP) is 5.27. The topological polar surface area (TPSA) is 118 Å². The van der Waals surface area contributed by atoms with Gasteiger partial charge in [-0.2, -0.15) is 8.78 Å². The van der Waals surface area contributed by atoms with Crippen LogP contribution in [0, 0.1) is 17.0 Å². The zero-order valence-electron chi connectivity index (χ0n) is 17.0. The SMILES string of the molecule is Cc1ccc(NC(=O)c2ccc([N+](=O)[O-])cc2)cc1S(=O)(=O)Nc1ccc(SC(F)F)cc1. The number of benzene rings is 3. The lowest BCUT2D eigenvalue weighted by Crippen LogP contribution is -2.16. The normalized spacial score (nSPS) is 11.3. The molecule has 2 N–H and O–H groups in total. The van der Waals surface area contributed by atoms with Gasteiger partial charge < -0.3 is 5.32 Å². The molecular weight excluding hydrogens is 476 g/mol. The molecule has 0 bridgehead atoms. The van der Waals surface area contributed by atoms with Crippen molar-refractivity contribution in [1.29, 1.82) is 0 Å². The molecule has 1 amide bonds. The van der Waals surface area contributed by atoms with Crippen LogP contribution in [0.5, 0.6) is 0 Å². The number of aryl methyl sites for hydroxylation is 1. The molecule has 3 rings (SSSR count). The third kappa shape index (κ3) is 6.26. The van der Waals surface area contributed by atoms with Gasteiger partial charge in [0.1, 0.15) is 0 Å². The summed E-state index contributed by atoms with van der Waals surface area (Å²) < 4.78 is 53.0. The Balaban J connectivity index is 1.78. The van der Waals surface area contributed by atoms with Gasteiger partial charge in [0.05, 0.1) is 9.82 Å². The molecule has 0 saturated heterocycles. The van der Waals surface area contributed by atoms with Crippen LogP contribution in [-0.4, -0.2) is 25.0 Å². The van der Waals surface area contributed by atoms with Gasteiger partial charge in [-0.3, -0.25) is 19.6 Å². The quantitative estimate of drug-likeness (QED) is 0.251. The Morgan fingerprint density at radius 3 is 2.18 bits per heavy atom. The lowest BCUT2D eigenvalue weighted by atomic mass is 10.2. The predicted molar refractivity (Wildman–Crippen MR) is 121 cm³/mol. The van der Waals surface area contributed by atoms with E-state index in [1.807, 2.05) is 0 Å². The third-order valence-electron chi connectivity index (χ3n) is 4.41. The van der Waals surface area contributed by atoms with E-state index in [0.29, 0.717) is 22.2 Å². The van der Waals surface area contributed by atoms with Crippen LogP contribution < -0.4 is 10.0 Å². The zero-order valence-corrected chi connectivity index (χ0v) is 18.6. The lowest BCUT2D eigenvalue weighted by molar-refractivity contribution is -0.384. The number of nitro benzene ring substituents is 1. The molecule has 172 valence electrons. The number of hydrogen-bond donors (Lipinski definition) is 2. The van der Waals surface area contributed by atoms with Crippen LogP contribution in [0.1, 0.15) is 15.9 Å². The number of carbonyl (C=O) groups excluding carboxylic acids is 1. The number of carbonyl (C=O) groups is 1. The Hall–Kier alpha value is -3.51. The molecule has 0 spiro atoms. The molecule has 0 saturated carbocycles. The first-order chi connectivity index (χ1) is 15.5. The minimum atomic E-state index is -4.05. The van der Waals surface area contributed by atoms with E-state index in [9.17, 15) is 32.1 Å². The largest absolute Gasteiger partial charge is 0.322 e. The maximum Gasteiger partial charge on any atom is 0.288 e. The van der Waals surface area contributed by atoms with E-state index in [2.05, 4.69) is 10.0 Å². The van der Waals surface area contributed by atoms with Gasteiger partial charge in [-0.1, -0.05) is 17.8 Å². The number of anilines is 2. The number of nitrogens with zero attached hydrogens (tertiary/aromatic N) is 1. The summed E-state index contributed by atoms with van der Waals surface area (Å²) in [5.74, 6) is -3.16. The maximum absolute atomic E-state index is 12.9. The van der Waals surface area contributed by atoms with Crippen molar-refractivity contribution in [2.75, 3.05) is 10.0 Å². The summed E-state index contributed by atoms with van der Waals surface area (Å²) in [5.41, 5.74) is 0.801. The van der Waals surface area contributed by atoms with E-state index in [-0.39, 0.29) is 27.5 Å². The fraction of sp³-hybridized carbons (Fsp3) is 0.0952. The van der Waals surface area contributed by atoms with Crippen molar-refractivity contribution in [2.45, 2.75) is 22.5 Å². The molecule has 0 atom stereocenters. The van der Waals surface area contributed by atoms with Crippen molar-refractivity contribution in [3.63, 3.8) is 0 Å². The number of nitrogens with one attached hydrogen (secondary N) is 2. The molecule has 8 nitrogen and oxygen atoms in total. The molecule has 12 heteroatoms. The Morgan fingerprint density at radius 2 is 1.61 bits per heavy atom. The fourth-order valence-electron chi connectivity index (χ4n) is 2.82. The number of rotatable bonds is 8. The van der Waals surface area contributed by atoms with Crippen molar-refractivity contribution in [3.8, 4) is 0 Å². The molecule has 0 heterocycles. The molecule has 0 aliphatic carbocycles. The third-order valence-corrected chi connectivity index (χ3v) is 6.65. The van der Waals surface area contributed by atoms with Crippen LogP contribution >= 0.6 is 11.8 Å². The molecule has 0 unspecified atom stereocenters. The second kappa shape index (κ2) is 9.96. The summed E-state index contributed by atoms with van der Waals surface area (Å²) >= 11 is 0.348. The highest BCUT2D eigenvalue weighted by Gasteiger charge is 2.19. The number of hydrogen-bond acceptors (Lipinski definition) is 6. The molecule has 0 aliphatic rings. The van der Waals surface area contributed by atoms with E-state index in [0.717, 1.165) is 0 Å². The monoisotopic (exact) mass is 493 g/mol. The van der Waals surface area contributed by atoms with Gasteiger partial charge in [-0.25, -0.2) is 8.42 Å². The van der Waals surface area contributed by atoms with Crippen LogP contribution in [0.15, 0.2) is 76.5 Å². The summed E-state index contributed by atoms with van der Waals surface area (Å²) in [7, 11) is -4.05. The summed E-state index contributed by atoms with van der Waals surface area (Å²) in [5, 5.41) is 13.3. The van der Waals surface area contributed by atoms with Gasteiger partial charge in [0.15, 0.2) is 0 Å². The maximum atomic E-state index is 12.9. The van der Waals surface area contributed by atoms with Gasteiger partial charge in [0.2, 0.25) is 0 Å². The number of nitro groups is 1. The van der Waals surface area contributed by atoms with Gasteiger partial charge in [-0.15, -0.1) is 0 Å². The van der Waals surface area contributed by atoms with Crippen molar-refractivity contribution in [2.24, 2.45) is 0 Å². The average Bonchev–Trinajstić information content (AvgIpc) is 2.76. The fourth-order valence-corrected chi connectivity index (χ4v) is 4.65. The second-order valence-electron chi connectivity index (χ2n) is 6.75. The minimum Gasteiger partial charge on any atom is -0.322 e. The molecule has 3 aromatic carbocycles. The first-order valence-corrected chi connectivity index (χ1v) is 11.7. The van der Waals surface area contributed by atoms with E-state index in [1.165, 1.54) is 66.7 Å². The Labute approximate surface area is 192 Å². The first kappa shape index (κ1) is 24.1. The molecule has 0 aliphatic heterocycles. The first-order valence-electron chi connectivity index (χ1n) is 9.29. The highest BCUT2D eigenvalue weighted by atomic mass is 32.2. The molecule has 0 radical (unpaired) electrons. The van der Waals surface area contributed by atoms with Crippen LogP contribution in [0.2, 0.25) is 0 Å². The summed E-state index contributed by atoms with van der Waals surface area (Å²) in [6.07, 6.45) is 0. The van der Waals surface area contributed by atoms with E-state index in [4.69, 9.17) is 0 Å². The van der Waals surface area contributed by atoms with Crippen molar-refractivity contribution >= 4 is 44.8 Å². The Morgan fingerprint density at radius 1 is 1.00 bits per heavy atom. The average molecular weight is 494 g/mol. The van der Waals surface area contributed by atoms with Gasteiger partial charge in [-0.05, 0) is 61.0 Å². The van der Waals surface area contributed by atoms with Crippen molar-refractivity contribution in [1.82, 2.24) is 0 Å². The summed E-state index contributed by atoms with van der Waals surface area (Å²) in [6.45, 7) is 1.58. The second-order valence-corrected chi connectivity index (χ2v) is 9.46. The molecule has 33 heavy (non-hydrogen) atoms. The highest BCUT2D eigenvalue weighted by molar-refractivity contribution is 7.99. The highest BCUT2D eigenvalue weighted by Crippen LogP contribution is 2.28. The van der Waals surface area contributed by atoms with Gasteiger partial charge in [0, 0.05) is 34.0 Å². The van der Waals surface area contributed by atoms with Gasteiger partial charge >= 0.3 is 0 Å². The Bertz CT molecular complexity index is 1280. The van der Waals surface area contributed by atoms with Gasteiger partial charge in [0.25, 0.3) is 27.4 Å². The van der Waals surface area contributed by atoms with Crippen LogP contribution in [0.25, 0.3) is 0 Å². The van der Waals surface area contributed by atoms with E-state index < -0.39 is 26.6 Å². The van der Waals surface area contributed by atoms with Crippen LogP contribution in [-0.2, 0) is 10.0 Å². The van der Waals surface area contributed by atoms with Crippen molar-refractivity contribution < 1.29 is 26.9 Å². The Kier molecular flexibility index (Phi) is 7.29. The molecular formula is C21H17F2N3O5S2. The summed E-state index contributed by atoms with van der Waals surface area (Å²) in [6, 6.07) is 14.8. The van der Waals surface area contributed by atoms with E-state index >= 15 is 0 Å². The minimum absolute atomic E-state index is 0.0879. The molecule has 0 aromatic heterocycles. The molecule has 3 aromatic rings. The smallest absolute Gasteiger partial charge is 0.288 e. The number of halogens is 2. The molecule has 0 fully saturated rings. The standard InChI is InChI=1S/C21H17F2N3O5S2/c1-13-2-5-16(24-20(27)14-3-8-17(9-4-14)26(28)29)12-19(13)33(30,31)25-15-6-10-18(11-7-15)32-21(22)23/h2-12,21,25H,1H3,(H,24,27). The number of alkyl halides is 2. The number of sulfonamides is 1.